The molecule has 0 saturated carbocycles. The van der Waals surface area contributed by atoms with Gasteiger partial charge in [-0.3, -0.25) is 5.21 Å². The third-order valence-electron chi connectivity index (χ3n) is 5.59. The van der Waals surface area contributed by atoms with Gasteiger partial charge in [-0.25, -0.2) is 9.86 Å². The van der Waals surface area contributed by atoms with Crippen LogP contribution in [0.4, 0.5) is 10.5 Å². The number of anilines is 1. The summed E-state index contributed by atoms with van der Waals surface area (Å²) in [6.07, 6.45) is 8.96. The van der Waals surface area contributed by atoms with E-state index in [2.05, 4.69) is 12.2 Å². The van der Waals surface area contributed by atoms with Crippen LogP contribution in [-0.2, 0) is 0 Å². The third-order valence-corrected chi connectivity index (χ3v) is 5.59. The van der Waals surface area contributed by atoms with E-state index in [0.29, 0.717) is 18.5 Å². The second kappa shape index (κ2) is 13.7. The average molecular weight is 427 g/mol. The maximum absolute atomic E-state index is 12.2. The molecular weight excluding hydrogens is 388 g/mol. The number of nitrogens with zero attached hydrogens (tertiary/aromatic N) is 1. The Morgan fingerprint density at radius 1 is 0.871 bits per heavy atom. The average Bonchev–Trinajstić information content (AvgIpc) is 2.80. The Bertz CT molecular complexity index is 755. The van der Waals surface area contributed by atoms with E-state index in [1.54, 1.807) is 0 Å². The van der Waals surface area contributed by atoms with Gasteiger partial charge in [-0.15, -0.1) is 0 Å². The van der Waals surface area contributed by atoms with E-state index in [9.17, 15) is 10.0 Å². The summed E-state index contributed by atoms with van der Waals surface area (Å²) in [4.78, 5) is 12.2. The molecule has 0 aliphatic rings. The van der Waals surface area contributed by atoms with Crippen molar-refractivity contribution < 1.29 is 14.7 Å². The van der Waals surface area contributed by atoms with Gasteiger partial charge in [0, 0.05) is 5.69 Å². The van der Waals surface area contributed by atoms with Crippen LogP contribution in [-0.4, -0.2) is 29.0 Å². The number of benzene rings is 2. The predicted octanol–water partition coefficient (Wildman–Crippen LogP) is 7.50. The normalized spacial score (nSPS) is 10.9. The SMILES string of the molecule is CCCCCCCCOc1ccc(-c2ccc(NC(=O)N(O)C(CC)CC)cc2)cc1. The third kappa shape index (κ3) is 8.25. The number of hydrogen-bond donors (Lipinski definition) is 2. The van der Waals surface area contributed by atoms with Crippen LogP contribution in [0.2, 0.25) is 0 Å². The summed E-state index contributed by atoms with van der Waals surface area (Å²) in [6.45, 7) is 6.89. The van der Waals surface area contributed by atoms with E-state index in [-0.39, 0.29) is 6.04 Å². The highest BCUT2D eigenvalue weighted by Gasteiger charge is 2.19. The first kappa shape index (κ1) is 24.7. The smallest absolute Gasteiger partial charge is 0.345 e. The van der Waals surface area contributed by atoms with Crippen molar-refractivity contribution in [1.82, 2.24) is 5.06 Å². The van der Waals surface area contributed by atoms with Gasteiger partial charge in [0.15, 0.2) is 0 Å². The number of urea groups is 1. The molecule has 5 heteroatoms. The first-order chi connectivity index (χ1) is 15.1. The van der Waals surface area contributed by atoms with Crippen LogP contribution in [0.25, 0.3) is 11.1 Å². The molecule has 0 unspecified atom stereocenters. The van der Waals surface area contributed by atoms with Gasteiger partial charge in [0.2, 0.25) is 0 Å². The van der Waals surface area contributed by atoms with E-state index in [1.165, 1.54) is 32.1 Å². The summed E-state index contributed by atoms with van der Waals surface area (Å²) < 4.78 is 5.85. The molecule has 0 spiro atoms. The van der Waals surface area contributed by atoms with Crippen LogP contribution in [0, 0.1) is 0 Å². The number of nitrogens with one attached hydrogen (secondary N) is 1. The molecule has 2 aromatic carbocycles. The van der Waals surface area contributed by atoms with Crippen molar-refractivity contribution in [2.75, 3.05) is 11.9 Å². The first-order valence-corrected chi connectivity index (χ1v) is 11.7. The van der Waals surface area contributed by atoms with E-state index < -0.39 is 6.03 Å². The van der Waals surface area contributed by atoms with Gasteiger partial charge in [0.25, 0.3) is 0 Å². The minimum absolute atomic E-state index is 0.180. The maximum atomic E-state index is 12.2. The monoisotopic (exact) mass is 426 g/mol. The lowest BCUT2D eigenvalue weighted by molar-refractivity contribution is -0.0747. The topological polar surface area (TPSA) is 61.8 Å². The van der Waals surface area contributed by atoms with Crippen molar-refractivity contribution >= 4 is 11.7 Å². The largest absolute Gasteiger partial charge is 0.494 e. The zero-order chi connectivity index (χ0) is 22.5. The molecule has 5 nitrogen and oxygen atoms in total. The molecule has 0 aliphatic carbocycles. The highest BCUT2D eigenvalue weighted by Crippen LogP contribution is 2.24. The van der Waals surface area contributed by atoms with Crippen molar-refractivity contribution in [2.45, 2.75) is 78.2 Å². The van der Waals surface area contributed by atoms with Crippen molar-refractivity contribution in [1.29, 1.82) is 0 Å². The number of unbranched alkanes of at least 4 members (excludes halogenated alkanes) is 5. The number of ether oxygens (including phenoxy) is 1. The minimum atomic E-state index is -0.506. The Morgan fingerprint density at radius 2 is 1.42 bits per heavy atom. The number of hydrogen-bond acceptors (Lipinski definition) is 3. The summed E-state index contributed by atoms with van der Waals surface area (Å²) in [5.74, 6) is 0.894. The summed E-state index contributed by atoms with van der Waals surface area (Å²) in [6, 6.07) is 15.0. The lowest BCUT2D eigenvalue weighted by Gasteiger charge is -2.23. The summed E-state index contributed by atoms with van der Waals surface area (Å²) in [5.41, 5.74) is 2.80. The Kier molecular flexibility index (Phi) is 10.9. The Hall–Kier alpha value is -2.53. The standard InChI is InChI=1S/C26H38N2O3/c1-4-7-8-9-10-11-20-31-25-18-14-22(15-19-25)21-12-16-23(17-13-21)27-26(29)28(30)24(5-2)6-3/h12-19,24,30H,4-11,20H2,1-3H3,(H,27,29). The predicted molar refractivity (Wildman–Crippen MR) is 128 cm³/mol. The Morgan fingerprint density at radius 3 is 2.00 bits per heavy atom. The summed E-state index contributed by atoms with van der Waals surface area (Å²) >= 11 is 0. The van der Waals surface area contributed by atoms with Crippen molar-refractivity contribution in [3.63, 3.8) is 0 Å². The highest BCUT2D eigenvalue weighted by molar-refractivity contribution is 5.89. The molecule has 31 heavy (non-hydrogen) atoms. The summed E-state index contributed by atoms with van der Waals surface area (Å²) in [7, 11) is 0. The van der Waals surface area contributed by atoms with Crippen molar-refractivity contribution in [2.24, 2.45) is 0 Å². The number of carbonyl (C=O) groups excluding carboxylic acids is 1. The molecule has 170 valence electrons. The van der Waals surface area contributed by atoms with Crippen LogP contribution < -0.4 is 10.1 Å². The zero-order valence-electron chi connectivity index (χ0n) is 19.3. The molecule has 0 heterocycles. The minimum Gasteiger partial charge on any atom is -0.494 e. The van der Waals surface area contributed by atoms with Gasteiger partial charge in [0.05, 0.1) is 12.6 Å². The number of hydroxylamine groups is 2. The second-order valence-electron chi connectivity index (χ2n) is 7.96. The molecule has 0 radical (unpaired) electrons. The number of amides is 2. The van der Waals surface area contributed by atoms with Gasteiger partial charge in [0.1, 0.15) is 5.75 Å². The Labute approximate surface area is 187 Å². The van der Waals surface area contributed by atoms with Crippen LogP contribution in [0.1, 0.15) is 72.1 Å². The first-order valence-electron chi connectivity index (χ1n) is 11.7. The van der Waals surface area contributed by atoms with Crippen LogP contribution in [0.15, 0.2) is 48.5 Å². The molecule has 2 amide bonds. The zero-order valence-corrected chi connectivity index (χ0v) is 19.3. The van der Waals surface area contributed by atoms with E-state index in [4.69, 9.17) is 4.74 Å². The van der Waals surface area contributed by atoms with Gasteiger partial charge < -0.3 is 10.1 Å². The van der Waals surface area contributed by atoms with Crippen LogP contribution >= 0.6 is 0 Å². The van der Waals surface area contributed by atoms with Crippen LogP contribution in [0.5, 0.6) is 5.75 Å². The van der Waals surface area contributed by atoms with E-state index in [1.807, 2.05) is 62.4 Å². The van der Waals surface area contributed by atoms with E-state index >= 15 is 0 Å². The molecule has 2 N–H and O–H groups in total. The Balaban J connectivity index is 1.82. The van der Waals surface area contributed by atoms with Gasteiger partial charge >= 0.3 is 6.03 Å². The van der Waals surface area contributed by atoms with Gasteiger partial charge in [-0.05, 0) is 54.7 Å². The number of carbonyl (C=O) groups is 1. The van der Waals surface area contributed by atoms with Gasteiger partial charge in [-0.2, -0.15) is 0 Å². The molecule has 0 saturated heterocycles. The molecule has 0 atom stereocenters. The lowest BCUT2D eigenvalue weighted by atomic mass is 10.1. The molecule has 0 aliphatic heterocycles. The molecule has 0 aromatic heterocycles. The van der Waals surface area contributed by atoms with Crippen molar-refractivity contribution in [3.8, 4) is 16.9 Å². The fourth-order valence-corrected chi connectivity index (χ4v) is 3.54. The fourth-order valence-electron chi connectivity index (χ4n) is 3.54. The summed E-state index contributed by atoms with van der Waals surface area (Å²) in [5, 5.41) is 13.6. The van der Waals surface area contributed by atoms with Crippen LogP contribution in [0.3, 0.4) is 0 Å². The lowest BCUT2D eigenvalue weighted by Crippen LogP contribution is -2.39. The van der Waals surface area contributed by atoms with Gasteiger partial charge in [-0.1, -0.05) is 77.1 Å². The van der Waals surface area contributed by atoms with E-state index in [0.717, 1.165) is 35.0 Å². The van der Waals surface area contributed by atoms with Crippen molar-refractivity contribution in [3.05, 3.63) is 48.5 Å². The molecule has 0 bridgehead atoms. The quantitative estimate of drug-likeness (QED) is 0.198. The molecular formula is C26H38N2O3. The molecule has 2 aromatic rings. The highest BCUT2D eigenvalue weighted by atomic mass is 16.5. The maximum Gasteiger partial charge on any atom is 0.345 e. The number of rotatable bonds is 13. The molecule has 0 fully saturated rings. The fraction of sp³-hybridized carbons (Fsp3) is 0.500. The second-order valence-corrected chi connectivity index (χ2v) is 7.96. The molecule has 2 rings (SSSR count).